The fraction of sp³-hybridized carbons (Fsp3) is 0.368. The maximum atomic E-state index is 10.4. The first-order valence-corrected chi connectivity index (χ1v) is 8.32. The number of nitrogens with zero attached hydrogens (tertiary/aromatic N) is 1. The van der Waals surface area contributed by atoms with E-state index in [9.17, 15) is 5.11 Å². The molecule has 114 valence electrons. The third kappa shape index (κ3) is 2.05. The van der Waals surface area contributed by atoms with Gasteiger partial charge in [0.1, 0.15) is 5.75 Å². The van der Waals surface area contributed by atoms with Crippen LogP contribution in [0.3, 0.4) is 0 Å². The van der Waals surface area contributed by atoms with Crippen molar-refractivity contribution in [3.05, 3.63) is 64.2 Å². The van der Waals surface area contributed by atoms with Crippen molar-refractivity contribution in [3.63, 3.8) is 0 Å². The zero-order chi connectivity index (χ0) is 15.3. The number of halogens is 1. The van der Waals surface area contributed by atoms with Gasteiger partial charge in [-0.3, -0.25) is 4.90 Å². The number of para-hydroxylation sites is 1. The molecule has 0 bridgehead atoms. The topological polar surface area (TPSA) is 23.5 Å². The first kappa shape index (κ1) is 14.1. The van der Waals surface area contributed by atoms with Crippen LogP contribution in [0.4, 0.5) is 0 Å². The maximum Gasteiger partial charge on any atom is 0.119 e. The van der Waals surface area contributed by atoms with Gasteiger partial charge in [-0.25, -0.2) is 0 Å². The van der Waals surface area contributed by atoms with Gasteiger partial charge in [-0.1, -0.05) is 35.9 Å². The van der Waals surface area contributed by atoms with Gasteiger partial charge in [0.05, 0.1) is 0 Å². The van der Waals surface area contributed by atoms with E-state index in [4.69, 9.17) is 11.6 Å². The van der Waals surface area contributed by atoms with Crippen LogP contribution in [0.25, 0.3) is 0 Å². The van der Waals surface area contributed by atoms with Crippen molar-refractivity contribution in [2.75, 3.05) is 13.6 Å². The molecule has 3 unspecified atom stereocenters. The third-order valence-corrected chi connectivity index (χ3v) is 5.57. The van der Waals surface area contributed by atoms with Crippen LogP contribution in [-0.2, 0) is 0 Å². The number of hydrogen-bond donors (Lipinski definition) is 1. The normalized spacial score (nSPS) is 27.5. The highest BCUT2D eigenvalue weighted by molar-refractivity contribution is 6.30. The second-order valence-corrected chi connectivity index (χ2v) is 6.98. The first-order chi connectivity index (χ1) is 10.7. The van der Waals surface area contributed by atoms with Gasteiger partial charge < -0.3 is 5.11 Å². The maximum absolute atomic E-state index is 10.4. The third-order valence-electron chi connectivity index (χ3n) is 5.33. The summed E-state index contributed by atoms with van der Waals surface area (Å²) >= 11 is 6.27. The summed E-state index contributed by atoms with van der Waals surface area (Å²) in [4.78, 5) is 2.46. The Morgan fingerprint density at radius 2 is 1.91 bits per heavy atom. The average Bonchev–Trinajstić information content (AvgIpc) is 2.82. The van der Waals surface area contributed by atoms with E-state index in [1.54, 1.807) is 6.07 Å². The molecule has 1 heterocycles. The van der Waals surface area contributed by atoms with E-state index in [2.05, 4.69) is 30.1 Å². The van der Waals surface area contributed by atoms with E-state index in [1.807, 2.05) is 18.2 Å². The number of phenols is 1. The van der Waals surface area contributed by atoms with Gasteiger partial charge in [0.25, 0.3) is 0 Å². The van der Waals surface area contributed by atoms with Crippen molar-refractivity contribution in [2.24, 2.45) is 5.92 Å². The molecule has 0 saturated carbocycles. The predicted molar refractivity (Wildman–Crippen MR) is 89.5 cm³/mol. The summed E-state index contributed by atoms with van der Waals surface area (Å²) in [5.41, 5.74) is 3.71. The molecule has 0 aromatic heterocycles. The highest BCUT2D eigenvalue weighted by Gasteiger charge is 2.45. The Balaban J connectivity index is 1.91. The van der Waals surface area contributed by atoms with E-state index in [-0.39, 0.29) is 5.92 Å². The van der Waals surface area contributed by atoms with Crippen LogP contribution in [0.15, 0.2) is 42.5 Å². The van der Waals surface area contributed by atoms with E-state index in [0.29, 0.717) is 17.7 Å². The van der Waals surface area contributed by atoms with E-state index in [0.717, 1.165) is 17.1 Å². The summed E-state index contributed by atoms with van der Waals surface area (Å²) < 4.78 is 0. The minimum atomic E-state index is 0.239. The molecule has 1 aliphatic heterocycles. The molecule has 3 heteroatoms. The Morgan fingerprint density at radius 3 is 2.73 bits per heavy atom. The quantitative estimate of drug-likeness (QED) is 0.833. The standard InChI is InChI=1S/C19H20ClNO/c1-21-10-4-6-15-18(14-5-2-3-7-17(14)22)16-11-12(20)8-9-13(16)19(15)21/h2-3,5,7-9,11,15,18-19,22H,4,6,10H2,1H3. The highest BCUT2D eigenvalue weighted by Crippen LogP contribution is 2.55. The molecule has 2 aromatic rings. The first-order valence-electron chi connectivity index (χ1n) is 7.94. The largest absolute Gasteiger partial charge is 0.508 e. The van der Waals surface area contributed by atoms with Gasteiger partial charge >= 0.3 is 0 Å². The molecule has 2 aromatic carbocycles. The SMILES string of the molecule is CN1CCCC2C(c3ccccc3O)c3cc(Cl)ccc3C21. The molecule has 4 rings (SSSR count). The van der Waals surface area contributed by atoms with Crippen molar-refractivity contribution in [1.82, 2.24) is 4.90 Å². The number of fused-ring (bicyclic) bond motifs is 3. The molecule has 22 heavy (non-hydrogen) atoms. The second kappa shape index (κ2) is 5.29. The summed E-state index contributed by atoms with van der Waals surface area (Å²) in [5.74, 6) is 1.15. The number of aromatic hydroxyl groups is 1. The van der Waals surface area contributed by atoms with Crippen LogP contribution in [0, 0.1) is 5.92 Å². The van der Waals surface area contributed by atoms with Gasteiger partial charge in [0.15, 0.2) is 0 Å². The van der Waals surface area contributed by atoms with Crippen molar-refractivity contribution < 1.29 is 5.11 Å². The molecule has 3 atom stereocenters. The Hall–Kier alpha value is -1.51. The van der Waals surface area contributed by atoms with Gasteiger partial charge in [-0.2, -0.15) is 0 Å². The smallest absolute Gasteiger partial charge is 0.119 e. The molecular formula is C19H20ClNO. The molecule has 0 spiro atoms. The Morgan fingerprint density at radius 1 is 1.09 bits per heavy atom. The van der Waals surface area contributed by atoms with Gasteiger partial charge in [0, 0.05) is 22.5 Å². The molecule has 1 fully saturated rings. The summed E-state index contributed by atoms with van der Waals surface area (Å²) in [7, 11) is 2.21. The number of benzene rings is 2. The van der Waals surface area contributed by atoms with E-state index < -0.39 is 0 Å². The van der Waals surface area contributed by atoms with Crippen LogP contribution in [0.1, 0.15) is 41.5 Å². The molecular weight excluding hydrogens is 294 g/mol. The Bertz CT molecular complexity index is 714. The second-order valence-electron chi connectivity index (χ2n) is 6.54. The minimum absolute atomic E-state index is 0.239. The molecule has 1 aliphatic carbocycles. The summed E-state index contributed by atoms with van der Waals surface area (Å²) in [6.07, 6.45) is 2.41. The van der Waals surface area contributed by atoms with Crippen LogP contribution < -0.4 is 0 Å². The lowest BCUT2D eigenvalue weighted by molar-refractivity contribution is 0.126. The molecule has 0 amide bonds. The lowest BCUT2D eigenvalue weighted by Crippen LogP contribution is -2.34. The van der Waals surface area contributed by atoms with Gasteiger partial charge in [-0.15, -0.1) is 0 Å². The molecule has 1 N–H and O–H groups in total. The van der Waals surface area contributed by atoms with Crippen molar-refractivity contribution in [2.45, 2.75) is 24.8 Å². The number of rotatable bonds is 1. The Kier molecular flexibility index (Phi) is 3.39. The molecule has 0 radical (unpaired) electrons. The summed E-state index contributed by atoms with van der Waals surface area (Å²) in [6, 6.07) is 14.5. The molecule has 1 saturated heterocycles. The fourth-order valence-corrected chi connectivity index (χ4v) is 4.66. The number of phenolic OH excluding ortho intramolecular Hbond substituents is 1. The van der Waals surface area contributed by atoms with Gasteiger partial charge in [-0.05, 0) is 61.7 Å². The number of likely N-dealkylation sites (tertiary alicyclic amines) is 1. The highest BCUT2D eigenvalue weighted by atomic mass is 35.5. The zero-order valence-corrected chi connectivity index (χ0v) is 13.4. The van der Waals surface area contributed by atoms with Crippen molar-refractivity contribution in [1.29, 1.82) is 0 Å². The molecule has 2 nitrogen and oxygen atoms in total. The Labute approximate surface area is 136 Å². The number of hydrogen-bond acceptors (Lipinski definition) is 2. The monoisotopic (exact) mass is 313 g/mol. The average molecular weight is 314 g/mol. The van der Waals surface area contributed by atoms with Crippen LogP contribution in [0.2, 0.25) is 5.02 Å². The lowest BCUT2D eigenvalue weighted by atomic mass is 9.79. The fourth-order valence-electron chi connectivity index (χ4n) is 4.48. The zero-order valence-electron chi connectivity index (χ0n) is 12.7. The number of piperidine rings is 1. The van der Waals surface area contributed by atoms with E-state index >= 15 is 0 Å². The van der Waals surface area contributed by atoms with Gasteiger partial charge in [0.2, 0.25) is 0 Å². The molecule has 2 aliphatic rings. The predicted octanol–water partition coefficient (Wildman–Crippen LogP) is 4.57. The summed E-state index contributed by atoms with van der Waals surface area (Å²) in [6.45, 7) is 1.14. The minimum Gasteiger partial charge on any atom is -0.508 e. The lowest BCUT2D eigenvalue weighted by Gasteiger charge is -2.37. The van der Waals surface area contributed by atoms with Crippen molar-refractivity contribution >= 4 is 11.6 Å². The van der Waals surface area contributed by atoms with Crippen LogP contribution in [0.5, 0.6) is 5.75 Å². The van der Waals surface area contributed by atoms with Crippen molar-refractivity contribution in [3.8, 4) is 5.75 Å². The summed E-state index contributed by atoms with van der Waals surface area (Å²) in [5, 5.41) is 11.2. The van der Waals surface area contributed by atoms with Crippen LogP contribution in [-0.4, -0.2) is 23.6 Å². The van der Waals surface area contributed by atoms with E-state index in [1.165, 1.54) is 24.0 Å². The van der Waals surface area contributed by atoms with Crippen LogP contribution >= 0.6 is 11.6 Å².